The summed E-state index contributed by atoms with van der Waals surface area (Å²) < 4.78 is 12.2. The molecular weight excluding hydrogens is 308 g/mol. The summed E-state index contributed by atoms with van der Waals surface area (Å²) in [4.78, 5) is 12.0. The highest BCUT2D eigenvalue weighted by Gasteiger charge is 2.34. The van der Waals surface area contributed by atoms with Gasteiger partial charge in [0.1, 0.15) is 0 Å². The normalized spacial score (nSPS) is 11.5. The predicted octanol–water partition coefficient (Wildman–Crippen LogP) is 2.54. The van der Waals surface area contributed by atoms with Gasteiger partial charge < -0.3 is 9.47 Å². The van der Waals surface area contributed by atoms with E-state index in [0.717, 1.165) is 16.5 Å². The largest absolute Gasteiger partial charge is 0.463 e. The number of tetrazole rings is 1. The van der Waals surface area contributed by atoms with Gasteiger partial charge in [-0.1, -0.05) is 41.5 Å². The van der Waals surface area contributed by atoms with Crippen LogP contribution in [0, 0.1) is 0 Å². The molecule has 0 N–H and O–H groups in total. The lowest BCUT2D eigenvalue weighted by Gasteiger charge is -2.22. The molecule has 1 aromatic heterocycles. The summed E-state index contributed by atoms with van der Waals surface area (Å²) in [5.41, 5.74) is -0.430. The van der Waals surface area contributed by atoms with Gasteiger partial charge in [-0.15, -0.1) is 0 Å². The van der Waals surface area contributed by atoms with E-state index in [4.69, 9.17) is 9.47 Å². The Hall–Kier alpha value is -2.96. The van der Waals surface area contributed by atoms with Gasteiger partial charge in [0, 0.05) is 5.39 Å². The molecule has 1 heterocycles. The lowest BCUT2D eigenvalue weighted by atomic mass is 10.1. The third kappa shape index (κ3) is 2.92. The van der Waals surface area contributed by atoms with Crippen molar-refractivity contribution in [3.05, 3.63) is 42.5 Å². The van der Waals surface area contributed by atoms with E-state index < -0.39 is 11.6 Å². The molecule has 24 heavy (non-hydrogen) atoms. The van der Waals surface area contributed by atoms with Crippen LogP contribution in [-0.2, 0) is 9.53 Å². The third-order valence-electron chi connectivity index (χ3n) is 3.55. The van der Waals surface area contributed by atoms with Gasteiger partial charge in [-0.3, -0.25) is 0 Å². The van der Waals surface area contributed by atoms with Crippen molar-refractivity contribution >= 4 is 16.7 Å². The van der Waals surface area contributed by atoms with Crippen molar-refractivity contribution in [2.45, 2.75) is 26.4 Å². The van der Waals surface area contributed by atoms with Crippen molar-refractivity contribution in [2.75, 3.05) is 6.61 Å². The molecule has 0 unspecified atom stereocenters. The fourth-order valence-corrected chi connectivity index (χ4v) is 2.36. The van der Waals surface area contributed by atoms with E-state index in [2.05, 4.69) is 15.5 Å². The van der Waals surface area contributed by atoms with Crippen LogP contribution in [0.2, 0.25) is 0 Å². The van der Waals surface area contributed by atoms with Gasteiger partial charge in [-0.25, -0.2) is 4.79 Å². The number of esters is 1. The number of carbonyl (C=O) groups is 1. The summed E-state index contributed by atoms with van der Waals surface area (Å²) in [5, 5.41) is 13.6. The van der Waals surface area contributed by atoms with Gasteiger partial charge in [-0.05, 0) is 42.7 Å². The summed E-state index contributed by atoms with van der Waals surface area (Å²) in [6.07, 6.45) is 0. The summed E-state index contributed by atoms with van der Waals surface area (Å²) in [7, 11) is 0. The van der Waals surface area contributed by atoms with E-state index in [-0.39, 0.29) is 12.6 Å². The number of nitrogens with zero attached hydrogens (tertiary/aromatic N) is 4. The lowest BCUT2D eigenvalue weighted by Crippen LogP contribution is -2.40. The van der Waals surface area contributed by atoms with E-state index in [1.165, 1.54) is 4.68 Å². The number of hydrogen-bond acceptors (Lipinski definition) is 6. The number of fused-ring (bicyclic) bond motifs is 1. The van der Waals surface area contributed by atoms with Gasteiger partial charge in [-0.2, -0.15) is 4.68 Å². The quantitative estimate of drug-likeness (QED) is 0.670. The predicted molar refractivity (Wildman–Crippen MR) is 88.0 cm³/mol. The van der Waals surface area contributed by atoms with Crippen LogP contribution >= 0.6 is 0 Å². The highest BCUT2D eigenvalue weighted by Crippen LogP contribution is 2.25. The van der Waals surface area contributed by atoms with Gasteiger partial charge >= 0.3 is 12.0 Å². The summed E-state index contributed by atoms with van der Waals surface area (Å²) >= 11 is 0. The maximum atomic E-state index is 12.0. The van der Waals surface area contributed by atoms with E-state index in [1.807, 2.05) is 42.5 Å². The number of rotatable bonds is 5. The minimum absolute atomic E-state index is 0.129. The van der Waals surface area contributed by atoms with Gasteiger partial charge in [0.05, 0.1) is 12.3 Å². The molecule has 7 heteroatoms. The number of benzene rings is 2. The van der Waals surface area contributed by atoms with Gasteiger partial charge in [0.2, 0.25) is 5.60 Å². The van der Waals surface area contributed by atoms with Crippen molar-refractivity contribution in [2.24, 2.45) is 0 Å². The highest BCUT2D eigenvalue weighted by molar-refractivity contribution is 5.90. The van der Waals surface area contributed by atoms with Crippen LogP contribution in [0.15, 0.2) is 42.5 Å². The minimum Gasteiger partial charge on any atom is -0.463 e. The van der Waals surface area contributed by atoms with Crippen LogP contribution in [0.4, 0.5) is 0 Å². The van der Waals surface area contributed by atoms with Gasteiger partial charge in [0.25, 0.3) is 0 Å². The standard InChI is InChI=1S/C17H18N4O3/c1-4-23-15(22)17(2,3)24-16-18-19-20-21(16)14-11-7-9-12-8-5-6-10-13(12)14/h5-11H,4H2,1-3H3. The monoisotopic (exact) mass is 326 g/mol. The zero-order chi connectivity index (χ0) is 17.2. The fourth-order valence-electron chi connectivity index (χ4n) is 2.36. The molecule has 0 saturated carbocycles. The third-order valence-corrected chi connectivity index (χ3v) is 3.55. The first-order valence-electron chi connectivity index (χ1n) is 7.65. The molecule has 0 saturated heterocycles. The molecule has 2 aromatic carbocycles. The average Bonchev–Trinajstić information content (AvgIpc) is 3.01. The van der Waals surface area contributed by atoms with E-state index in [9.17, 15) is 4.79 Å². The van der Waals surface area contributed by atoms with E-state index in [1.54, 1.807) is 20.8 Å². The molecule has 0 aliphatic heterocycles. The van der Waals surface area contributed by atoms with Crippen LogP contribution in [0.1, 0.15) is 20.8 Å². The molecule has 0 spiro atoms. The van der Waals surface area contributed by atoms with Crippen molar-refractivity contribution < 1.29 is 14.3 Å². The van der Waals surface area contributed by atoms with Crippen molar-refractivity contribution in [3.63, 3.8) is 0 Å². The molecule has 0 atom stereocenters. The van der Waals surface area contributed by atoms with Crippen LogP contribution in [0.3, 0.4) is 0 Å². The van der Waals surface area contributed by atoms with E-state index >= 15 is 0 Å². The maximum absolute atomic E-state index is 12.0. The number of aromatic nitrogens is 4. The molecule has 124 valence electrons. The van der Waals surface area contributed by atoms with Crippen LogP contribution in [-0.4, -0.2) is 38.4 Å². The maximum Gasteiger partial charge on any atom is 0.350 e. The van der Waals surface area contributed by atoms with E-state index in [0.29, 0.717) is 0 Å². The lowest BCUT2D eigenvalue weighted by molar-refractivity contribution is -0.159. The Labute approximate surface area is 139 Å². The first-order chi connectivity index (χ1) is 11.5. The molecule has 0 fully saturated rings. The van der Waals surface area contributed by atoms with Gasteiger partial charge in [0.15, 0.2) is 0 Å². The smallest absolute Gasteiger partial charge is 0.350 e. The number of ether oxygens (including phenoxy) is 2. The molecule has 0 radical (unpaired) electrons. The first kappa shape index (κ1) is 15.9. The van der Waals surface area contributed by atoms with Crippen LogP contribution < -0.4 is 4.74 Å². The molecule has 0 amide bonds. The zero-order valence-electron chi connectivity index (χ0n) is 13.8. The molecule has 0 aliphatic carbocycles. The topological polar surface area (TPSA) is 79.1 Å². The second kappa shape index (κ2) is 6.27. The first-order valence-corrected chi connectivity index (χ1v) is 7.65. The molecule has 0 aliphatic rings. The second-order valence-corrected chi connectivity index (χ2v) is 5.70. The Balaban J connectivity index is 2.00. The minimum atomic E-state index is -1.20. The Morgan fingerprint density at radius 1 is 1.17 bits per heavy atom. The molecule has 3 rings (SSSR count). The molecular formula is C17H18N4O3. The zero-order valence-corrected chi connectivity index (χ0v) is 13.8. The summed E-state index contributed by atoms with van der Waals surface area (Å²) in [6, 6.07) is 13.8. The number of carbonyl (C=O) groups excluding carboxylic acids is 1. The Bertz CT molecular complexity index is 868. The highest BCUT2D eigenvalue weighted by atomic mass is 16.6. The van der Waals surface area contributed by atoms with Crippen molar-refractivity contribution in [1.29, 1.82) is 0 Å². The summed E-state index contributed by atoms with van der Waals surface area (Å²) in [6.45, 7) is 5.26. The Morgan fingerprint density at radius 2 is 1.92 bits per heavy atom. The fraction of sp³-hybridized carbons (Fsp3) is 0.294. The number of hydrogen-bond donors (Lipinski definition) is 0. The summed E-state index contributed by atoms with van der Waals surface area (Å²) in [5.74, 6) is -0.475. The Morgan fingerprint density at radius 3 is 2.71 bits per heavy atom. The molecule has 3 aromatic rings. The Kier molecular flexibility index (Phi) is 4.16. The SMILES string of the molecule is CCOC(=O)C(C)(C)Oc1nnnn1-c1cccc2ccccc12. The van der Waals surface area contributed by atoms with Crippen LogP contribution in [0.25, 0.3) is 16.5 Å². The van der Waals surface area contributed by atoms with Crippen LogP contribution in [0.5, 0.6) is 6.01 Å². The molecule has 0 bridgehead atoms. The molecule has 7 nitrogen and oxygen atoms in total. The second-order valence-electron chi connectivity index (χ2n) is 5.70. The van der Waals surface area contributed by atoms with Crippen molar-refractivity contribution in [3.8, 4) is 11.7 Å². The van der Waals surface area contributed by atoms with Crippen molar-refractivity contribution in [1.82, 2.24) is 20.2 Å². The average molecular weight is 326 g/mol.